The fourth-order valence-corrected chi connectivity index (χ4v) is 2.68. The van der Waals surface area contributed by atoms with Gasteiger partial charge in [-0.25, -0.2) is 10.4 Å². The molecule has 1 unspecified atom stereocenters. The van der Waals surface area contributed by atoms with Crippen LogP contribution in [0.15, 0.2) is 48.9 Å². The number of nitrogens with zero attached hydrogens (tertiary/aromatic N) is 3. The van der Waals surface area contributed by atoms with Crippen molar-refractivity contribution in [3.05, 3.63) is 60.3 Å². The lowest BCUT2D eigenvalue weighted by Gasteiger charge is -2.19. The smallest absolute Gasteiger partial charge is 0.131 e. The molecule has 0 bridgehead atoms. The molecule has 1 atom stereocenters. The fraction of sp³-hybridized carbons (Fsp3) is 0.250. The zero-order chi connectivity index (χ0) is 14.7. The zero-order valence-corrected chi connectivity index (χ0v) is 12.0. The van der Waals surface area contributed by atoms with Crippen LogP contribution in [0.25, 0.3) is 10.9 Å². The van der Waals surface area contributed by atoms with Gasteiger partial charge in [-0.2, -0.15) is 0 Å². The van der Waals surface area contributed by atoms with Crippen LogP contribution in [0.5, 0.6) is 0 Å². The van der Waals surface area contributed by atoms with Crippen LogP contribution in [-0.4, -0.2) is 14.5 Å². The second kappa shape index (κ2) is 6.03. The number of imidazole rings is 1. The summed E-state index contributed by atoms with van der Waals surface area (Å²) in [5.41, 5.74) is 4.95. The van der Waals surface area contributed by atoms with Crippen molar-refractivity contribution in [2.75, 3.05) is 0 Å². The summed E-state index contributed by atoms with van der Waals surface area (Å²) in [4.78, 5) is 8.89. The first-order valence-electron chi connectivity index (χ1n) is 7.16. The van der Waals surface area contributed by atoms with E-state index in [1.165, 1.54) is 0 Å². The lowest BCUT2D eigenvalue weighted by molar-refractivity contribution is 0.547. The molecular formula is C16H19N5. The summed E-state index contributed by atoms with van der Waals surface area (Å²) in [5.74, 6) is 6.75. The lowest BCUT2D eigenvalue weighted by atomic mass is 10.0. The standard InChI is InChI=1S/C16H19N5/c1-2-10-21-11-9-19-16(21)15(20-17)13-7-8-18-14-6-4-3-5-12(13)14/h3-9,11,15,20H,2,10,17H2,1H3. The van der Waals surface area contributed by atoms with Gasteiger partial charge in [0, 0.05) is 30.5 Å². The number of nitrogens with one attached hydrogen (secondary N) is 1. The number of pyridine rings is 1. The summed E-state index contributed by atoms with van der Waals surface area (Å²) >= 11 is 0. The molecular weight excluding hydrogens is 262 g/mol. The van der Waals surface area contributed by atoms with Crippen LogP contribution in [0, 0.1) is 0 Å². The van der Waals surface area contributed by atoms with E-state index in [4.69, 9.17) is 5.84 Å². The molecule has 0 spiro atoms. The Hall–Kier alpha value is -2.24. The predicted octanol–water partition coefficient (Wildman–Crippen LogP) is 2.39. The van der Waals surface area contributed by atoms with Gasteiger partial charge in [0.25, 0.3) is 0 Å². The Morgan fingerprint density at radius 3 is 2.86 bits per heavy atom. The molecule has 0 radical (unpaired) electrons. The van der Waals surface area contributed by atoms with E-state index in [0.717, 1.165) is 35.3 Å². The first kappa shape index (κ1) is 13.7. The largest absolute Gasteiger partial charge is 0.333 e. The van der Waals surface area contributed by atoms with Gasteiger partial charge < -0.3 is 4.57 Å². The van der Waals surface area contributed by atoms with Gasteiger partial charge in [-0.15, -0.1) is 0 Å². The maximum atomic E-state index is 5.83. The third-order valence-electron chi connectivity index (χ3n) is 3.63. The second-order valence-electron chi connectivity index (χ2n) is 5.00. The highest BCUT2D eigenvalue weighted by Crippen LogP contribution is 2.26. The van der Waals surface area contributed by atoms with Crippen molar-refractivity contribution in [3.8, 4) is 0 Å². The molecule has 3 aromatic rings. The minimum Gasteiger partial charge on any atom is -0.333 e. The zero-order valence-electron chi connectivity index (χ0n) is 12.0. The highest BCUT2D eigenvalue weighted by atomic mass is 15.3. The van der Waals surface area contributed by atoms with Crippen molar-refractivity contribution in [3.63, 3.8) is 0 Å². The fourth-order valence-electron chi connectivity index (χ4n) is 2.68. The molecule has 0 saturated carbocycles. The van der Waals surface area contributed by atoms with Gasteiger partial charge in [0.05, 0.1) is 5.52 Å². The molecule has 21 heavy (non-hydrogen) atoms. The molecule has 5 heteroatoms. The van der Waals surface area contributed by atoms with Crippen LogP contribution in [-0.2, 0) is 6.54 Å². The number of aromatic nitrogens is 3. The summed E-state index contributed by atoms with van der Waals surface area (Å²) in [7, 11) is 0. The minimum atomic E-state index is -0.153. The highest BCUT2D eigenvalue weighted by molar-refractivity contribution is 5.82. The number of aryl methyl sites for hydroxylation is 1. The monoisotopic (exact) mass is 281 g/mol. The van der Waals surface area contributed by atoms with E-state index in [0.29, 0.717) is 0 Å². The number of para-hydroxylation sites is 1. The maximum Gasteiger partial charge on any atom is 0.131 e. The Labute approximate surface area is 123 Å². The van der Waals surface area contributed by atoms with Gasteiger partial charge in [-0.1, -0.05) is 25.1 Å². The van der Waals surface area contributed by atoms with Crippen molar-refractivity contribution in [1.82, 2.24) is 20.0 Å². The van der Waals surface area contributed by atoms with Crippen LogP contribution >= 0.6 is 0 Å². The van der Waals surface area contributed by atoms with Gasteiger partial charge in [0.1, 0.15) is 11.9 Å². The number of hydrazine groups is 1. The van der Waals surface area contributed by atoms with E-state index < -0.39 is 0 Å². The molecule has 0 fully saturated rings. The molecule has 2 aromatic heterocycles. The van der Waals surface area contributed by atoms with Gasteiger partial charge in [-0.3, -0.25) is 10.8 Å². The Bertz CT molecular complexity index is 729. The number of nitrogens with two attached hydrogens (primary N) is 1. The average molecular weight is 281 g/mol. The van der Waals surface area contributed by atoms with Crippen molar-refractivity contribution in [2.45, 2.75) is 25.9 Å². The molecule has 3 rings (SSSR count). The van der Waals surface area contributed by atoms with E-state index in [-0.39, 0.29) is 6.04 Å². The minimum absolute atomic E-state index is 0.153. The topological polar surface area (TPSA) is 68.8 Å². The van der Waals surface area contributed by atoms with E-state index in [1.54, 1.807) is 0 Å². The Morgan fingerprint density at radius 1 is 1.19 bits per heavy atom. The van der Waals surface area contributed by atoms with Crippen molar-refractivity contribution >= 4 is 10.9 Å². The molecule has 5 nitrogen and oxygen atoms in total. The molecule has 3 N–H and O–H groups in total. The number of hydrogen-bond acceptors (Lipinski definition) is 4. The maximum absolute atomic E-state index is 5.83. The summed E-state index contributed by atoms with van der Waals surface area (Å²) in [6.45, 7) is 3.08. The van der Waals surface area contributed by atoms with Crippen molar-refractivity contribution in [1.29, 1.82) is 0 Å². The van der Waals surface area contributed by atoms with E-state index in [9.17, 15) is 0 Å². The van der Waals surface area contributed by atoms with Gasteiger partial charge in [0.2, 0.25) is 0 Å². The molecule has 108 valence electrons. The van der Waals surface area contributed by atoms with Crippen molar-refractivity contribution < 1.29 is 0 Å². The first-order valence-corrected chi connectivity index (χ1v) is 7.16. The number of fused-ring (bicyclic) bond motifs is 1. The van der Waals surface area contributed by atoms with Crippen LogP contribution in [0.2, 0.25) is 0 Å². The molecule has 1 aromatic carbocycles. The van der Waals surface area contributed by atoms with Gasteiger partial charge in [0.15, 0.2) is 0 Å². The lowest BCUT2D eigenvalue weighted by Crippen LogP contribution is -2.31. The molecule has 0 saturated heterocycles. The SMILES string of the molecule is CCCn1ccnc1C(NN)c1ccnc2ccccc12. The highest BCUT2D eigenvalue weighted by Gasteiger charge is 2.19. The molecule has 0 aliphatic carbocycles. The molecule has 0 amide bonds. The third kappa shape index (κ3) is 2.53. The van der Waals surface area contributed by atoms with Crippen LogP contribution < -0.4 is 11.3 Å². The Morgan fingerprint density at radius 2 is 2.05 bits per heavy atom. The van der Waals surface area contributed by atoms with Crippen molar-refractivity contribution in [2.24, 2.45) is 5.84 Å². The van der Waals surface area contributed by atoms with Gasteiger partial charge in [-0.05, 0) is 24.1 Å². The third-order valence-corrected chi connectivity index (χ3v) is 3.63. The second-order valence-corrected chi connectivity index (χ2v) is 5.00. The Kier molecular flexibility index (Phi) is 3.94. The van der Waals surface area contributed by atoms with E-state index in [2.05, 4.69) is 33.0 Å². The number of rotatable bonds is 5. The van der Waals surface area contributed by atoms with E-state index >= 15 is 0 Å². The summed E-state index contributed by atoms with van der Waals surface area (Å²) in [6.07, 6.45) is 6.68. The summed E-state index contributed by atoms with van der Waals surface area (Å²) in [6, 6.07) is 9.92. The molecule has 0 aliphatic heterocycles. The van der Waals surface area contributed by atoms with Gasteiger partial charge >= 0.3 is 0 Å². The van der Waals surface area contributed by atoms with Crippen LogP contribution in [0.4, 0.5) is 0 Å². The molecule has 2 heterocycles. The average Bonchev–Trinajstić information content (AvgIpc) is 2.97. The Balaban J connectivity index is 2.12. The predicted molar refractivity (Wildman–Crippen MR) is 83.4 cm³/mol. The quantitative estimate of drug-likeness (QED) is 0.556. The number of benzene rings is 1. The first-order chi connectivity index (χ1) is 10.3. The normalized spacial score (nSPS) is 12.7. The van der Waals surface area contributed by atoms with E-state index in [1.807, 2.05) is 42.9 Å². The summed E-state index contributed by atoms with van der Waals surface area (Å²) < 4.78 is 2.14. The molecule has 0 aliphatic rings. The van der Waals surface area contributed by atoms with Crippen LogP contribution in [0.3, 0.4) is 0 Å². The number of hydrogen-bond donors (Lipinski definition) is 2. The van der Waals surface area contributed by atoms with Crippen LogP contribution in [0.1, 0.15) is 30.8 Å². The summed E-state index contributed by atoms with van der Waals surface area (Å²) in [5, 5.41) is 1.09.